The number of fused-ring (bicyclic) bond motifs is 1. The van der Waals surface area contributed by atoms with Crippen molar-refractivity contribution in [3.63, 3.8) is 0 Å². The molecule has 0 saturated heterocycles. The van der Waals surface area contributed by atoms with Crippen LogP contribution in [-0.4, -0.2) is 10.2 Å². The van der Waals surface area contributed by atoms with Gasteiger partial charge >= 0.3 is 0 Å². The van der Waals surface area contributed by atoms with Crippen molar-refractivity contribution in [1.29, 1.82) is 0 Å². The first-order valence-corrected chi connectivity index (χ1v) is 5.59. The number of aromatic nitrogens is 2. The van der Waals surface area contributed by atoms with Gasteiger partial charge in [0.25, 0.3) is 0 Å². The maximum Gasteiger partial charge on any atom is 0.0963 e. The molecule has 3 heteroatoms. The molecule has 14 heavy (non-hydrogen) atoms. The summed E-state index contributed by atoms with van der Waals surface area (Å²) in [6.07, 6.45) is 0. The fourth-order valence-electron chi connectivity index (χ4n) is 1.32. The molecule has 2 aromatic rings. The zero-order valence-electron chi connectivity index (χ0n) is 8.98. The van der Waals surface area contributed by atoms with Crippen LogP contribution >= 0.6 is 15.9 Å². The Labute approximate surface area is 92.8 Å². The van der Waals surface area contributed by atoms with Gasteiger partial charge in [-0.2, -0.15) is 5.10 Å². The number of hydrogen-bond donors (Lipinski definition) is 1. The number of nitrogens with one attached hydrogen (secondary N) is 1. The number of halogens is 1. The predicted octanol–water partition coefficient (Wildman–Crippen LogP) is 3.97. The molecule has 0 saturated carbocycles. The second-order valence-electron chi connectivity index (χ2n) is 2.92. The number of hydrogen-bond acceptors (Lipinski definition) is 1. The lowest BCUT2D eigenvalue weighted by atomic mass is 10.1. The Morgan fingerprint density at radius 3 is 2.50 bits per heavy atom. The summed E-state index contributed by atoms with van der Waals surface area (Å²) in [4.78, 5) is 0. The van der Waals surface area contributed by atoms with E-state index in [4.69, 9.17) is 0 Å². The highest BCUT2D eigenvalue weighted by Crippen LogP contribution is 2.25. The molecule has 0 aliphatic rings. The molecule has 0 amide bonds. The highest BCUT2D eigenvalue weighted by molar-refractivity contribution is 9.10. The van der Waals surface area contributed by atoms with E-state index in [0.717, 1.165) is 15.7 Å². The van der Waals surface area contributed by atoms with E-state index in [2.05, 4.69) is 45.2 Å². The van der Waals surface area contributed by atoms with Gasteiger partial charge in [-0.05, 0) is 31.5 Å². The van der Waals surface area contributed by atoms with E-state index in [-0.39, 0.29) is 0 Å². The highest BCUT2D eigenvalue weighted by atomic mass is 79.9. The molecule has 0 aliphatic heterocycles. The summed E-state index contributed by atoms with van der Waals surface area (Å²) in [5, 5.41) is 8.40. The molecule has 0 radical (unpaired) electrons. The number of aromatic amines is 1. The smallest absolute Gasteiger partial charge is 0.0963 e. The summed E-state index contributed by atoms with van der Waals surface area (Å²) in [5.41, 5.74) is 3.37. The topological polar surface area (TPSA) is 28.7 Å². The number of benzene rings is 1. The van der Waals surface area contributed by atoms with E-state index in [1.54, 1.807) is 0 Å². The zero-order valence-corrected chi connectivity index (χ0v) is 10.6. The largest absolute Gasteiger partial charge is 0.282 e. The minimum absolute atomic E-state index is 1.06. The van der Waals surface area contributed by atoms with E-state index in [1.807, 2.05) is 20.8 Å². The molecule has 0 bridgehead atoms. The first-order valence-electron chi connectivity index (χ1n) is 4.80. The minimum atomic E-state index is 1.06. The van der Waals surface area contributed by atoms with E-state index in [0.29, 0.717) is 0 Å². The van der Waals surface area contributed by atoms with Gasteiger partial charge in [-0.1, -0.05) is 29.8 Å². The third kappa shape index (κ3) is 1.82. The molecule has 1 heterocycles. The summed E-state index contributed by atoms with van der Waals surface area (Å²) in [5.74, 6) is 0. The second kappa shape index (κ2) is 4.60. The van der Waals surface area contributed by atoms with Crippen molar-refractivity contribution < 1.29 is 0 Å². The molecule has 1 N–H and O–H groups in total. The van der Waals surface area contributed by atoms with Gasteiger partial charge in [0.15, 0.2) is 0 Å². The Kier molecular flexibility index (Phi) is 3.69. The van der Waals surface area contributed by atoms with Crippen molar-refractivity contribution in [1.82, 2.24) is 10.2 Å². The van der Waals surface area contributed by atoms with Crippen LogP contribution < -0.4 is 0 Å². The summed E-state index contributed by atoms with van der Waals surface area (Å²) in [6, 6.07) is 4.13. The Bertz CT molecular complexity index is 432. The van der Waals surface area contributed by atoms with Crippen LogP contribution in [-0.2, 0) is 0 Å². The number of nitrogens with zero attached hydrogens (tertiary/aromatic N) is 1. The Balaban J connectivity index is 0.000000461. The lowest BCUT2D eigenvalue weighted by Gasteiger charge is -1.97. The van der Waals surface area contributed by atoms with Crippen LogP contribution in [0.5, 0.6) is 0 Å². The maximum absolute atomic E-state index is 4.22. The molecule has 0 fully saturated rings. The predicted molar refractivity (Wildman–Crippen MR) is 64.6 cm³/mol. The lowest BCUT2D eigenvalue weighted by Crippen LogP contribution is -1.78. The molecule has 0 unspecified atom stereocenters. The van der Waals surface area contributed by atoms with Crippen LogP contribution in [0.2, 0.25) is 0 Å². The minimum Gasteiger partial charge on any atom is -0.282 e. The Hall–Kier alpha value is -0.830. The van der Waals surface area contributed by atoms with E-state index in [1.165, 1.54) is 10.9 Å². The van der Waals surface area contributed by atoms with Crippen LogP contribution in [0.25, 0.3) is 10.9 Å². The third-order valence-electron chi connectivity index (χ3n) is 2.10. The maximum atomic E-state index is 4.22. The molecular formula is C11H15BrN2. The molecule has 0 spiro atoms. The van der Waals surface area contributed by atoms with Gasteiger partial charge in [0.2, 0.25) is 0 Å². The fraction of sp³-hybridized carbons (Fsp3) is 0.364. The van der Waals surface area contributed by atoms with Gasteiger partial charge in [0.05, 0.1) is 5.52 Å². The van der Waals surface area contributed by atoms with E-state index < -0.39 is 0 Å². The van der Waals surface area contributed by atoms with E-state index >= 15 is 0 Å². The van der Waals surface area contributed by atoms with Gasteiger partial charge in [-0.3, -0.25) is 5.10 Å². The molecule has 0 aliphatic carbocycles. The fourth-order valence-corrected chi connectivity index (χ4v) is 1.64. The summed E-state index contributed by atoms with van der Waals surface area (Å²) < 4.78 is 1.11. The van der Waals surface area contributed by atoms with Crippen molar-refractivity contribution in [2.75, 3.05) is 0 Å². The van der Waals surface area contributed by atoms with Crippen molar-refractivity contribution in [3.8, 4) is 0 Å². The third-order valence-corrected chi connectivity index (χ3v) is 2.96. The summed E-state index contributed by atoms with van der Waals surface area (Å²) in [6.45, 7) is 8.09. The molecule has 76 valence electrons. The summed E-state index contributed by atoms with van der Waals surface area (Å²) >= 11 is 3.47. The standard InChI is InChI=1S/C9H9BrN2.C2H6/c1-5-8(10)4-3-7-6(2)11-12-9(5)7;1-2/h3-4H,1-2H3,(H,11,12);1-2H3. The molecule has 1 aromatic carbocycles. The highest BCUT2D eigenvalue weighted by Gasteiger charge is 2.05. The van der Waals surface area contributed by atoms with Crippen molar-refractivity contribution >= 4 is 26.8 Å². The quantitative estimate of drug-likeness (QED) is 0.758. The van der Waals surface area contributed by atoms with Gasteiger partial charge in [0.1, 0.15) is 0 Å². The SMILES string of the molecule is CC.Cc1[nH]nc2c(C)c(Br)ccc12. The Morgan fingerprint density at radius 1 is 1.21 bits per heavy atom. The van der Waals surface area contributed by atoms with E-state index in [9.17, 15) is 0 Å². The molecule has 1 aromatic heterocycles. The number of H-pyrrole nitrogens is 1. The van der Waals surface area contributed by atoms with Crippen LogP contribution in [0, 0.1) is 13.8 Å². The van der Waals surface area contributed by atoms with Crippen LogP contribution in [0.15, 0.2) is 16.6 Å². The molecule has 0 atom stereocenters. The van der Waals surface area contributed by atoms with Gasteiger partial charge in [-0.15, -0.1) is 0 Å². The first kappa shape index (κ1) is 11.2. The van der Waals surface area contributed by atoms with Crippen molar-refractivity contribution in [2.24, 2.45) is 0 Å². The average molecular weight is 255 g/mol. The van der Waals surface area contributed by atoms with Crippen molar-refractivity contribution in [2.45, 2.75) is 27.7 Å². The lowest BCUT2D eigenvalue weighted by molar-refractivity contribution is 1.06. The monoisotopic (exact) mass is 254 g/mol. The number of aryl methyl sites for hydroxylation is 2. The first-order chi connectivity index (χ1) is 6.70. The molecular weight excluding hydrogens is 240 g/mol. The second-order valence-corrected chi connectivity index (χ2v) is 3.77. The van der Waals surface area contributed by atoms with Crippen molar-refractivity contribution in [3.05, 3.63) is 27.9 Å². The van der Waals surface area contributed by atoms with Gasteiger partial charge < -0.3 is 0 Å². The average Bonchev–Trinajstić information content (AvgIpc) is 2.58. The number of rotatable bonds is 0. The molecule has 2 rings (SSSR count). The zero-order chi connectivity index (χ0) is 10.7. The van der Waals surface area contributed by atoms with Crippen LogP contribution in [0.4, 0.5) is 0 Å². The molecule has 2 nitrogen and oxygen atoms in total. The normalized spacial score (nSPS) is 9.79. The van der Waals surface area contributed by atoms with Crippen LogP contribution in [0.1, 0.15) is 25.1 Å². The van der Waals surface area contributed by atoms with Gasteiger partial charge in [0, 0.05) is 15.6 Å². The Morgan fingerprint density at radius 2 is 1.86 bits per heavy atom. The van der Waals surface area contributed by atoms with Crippen LogP contribution in [0.3, 0.4) is 0 Å². The summed E-state index contributed by atoms with van der Waals surface area (Å²) in [7, 11) is 0. The van der Waals surface area contributed by atoms with Gasteiger partial charge in [-0.25, -0.2) is 0 Å².